The number of hydrogen-bond donors (Lipinski definition) is 3. The molecule has 2 aromatic rings. The van der Waals surface area contributed by atoms with Crippen LogP contribution < -0.4 is 10.6 Å². The fourth-order valence-corrected chi connectivity index (χ4v) is 4.68. The molecule has 0 heterocycles. The zero-order chi connectivity index (χ0) is 24.8. The Bertz CT molecular complexity index is 1020. The van der Waals surface area contributed by atoms with E-state index in [0.717, 1.165) is 35.1 Å². The van der Waals surface area contributed by atoms with Crippen LogP contribution in [0.1, 0.15) is 42.7 Å². The number of amides is 2. The molecule has 186 valence electrons. The number of carboxylic acid groups (broad SMARTS) is 1. The third-order valence-electron chi connectivity index (χ3n) is 6.75. The van der Waals surface area contributed by atoms with Crippen LogP contribution >= 0.6 is 0 Å². The molecule has 2 atom stereocenters. The molecule has 0 aliphatic heterocycles. The van der Waals surface area contributed by atoms with Gasteiger partial charge in [-0.1, -0.05) is 61.4 Å². The second kappa shape index (κ2) is 11.4. The van der Waals surface area contributed by atoms with Crippen LogP contribution in [0.25, 0.3) is 11.1 Å². The maximum Gasteiger partial charge on any atom is 0.407 e. The quantitative estimate of drug-likeness (QED) is 0.428. The second-order valence-corrected chi connectivity index (χ2v) is 9.26. The number of nitrogens with one attached hydrogen (secondary N) is 2. The van der Waals surface area contributed by atoms with E-state index in [1.165, 1.54) is 7.11 Å². The molecule has 2 aliphatic rings. The molecule has 2 amide bonds. The lowest BCUT2D eigenvalue weighted by molar-refractivity contribution is -0.143. The Morgan fingerprint density at radius 3 is 2.23 bits per heavy atom. The Labute approximate surface area is 205 Å². The van der Waals surface area contributed by atoms with Gasteiger partial charge in [0.25, 0.3) is 0 Å². The van der Waals surface area contributed by atoms with E-state index < -0.39 is 24.0 Å². The molecule has 2 aromatic carbocycles. The number of fused-ring (bicyclic) bond motifs is 3. The number of alkyl carbamates (subject to hydrolysis) is 1. The summed E-state index contributed by atoms with van der Waals surface area (Å²) in [7, 11) is 1.48. The van der Waals surface area contributed by atoms with Crippen molar-refractivity contribution in [2.24, 2.45) is 11.8 Å². The van der Waals surface area contributed by atoms with Gasteiger partial charge in [0.1, 0.15) is 12.6 Å². The highest BCUT2D eigenvalue weighted by Crippen LogP contribution is 2.44. The summed E-state index contributed by atoms with van der Waals surface area (Å²) in [6.45, 7) is 0.510. The first kappa shape index (κ1) is 24.7. The normalized spacial score (nSPS) is 16.0. The SMILES string of the molecule is COCCC(NC(=O)C(CNC(=O)OCC1c2ccccc2-c2ccccc21)CC1CC1)C(=O)O. The monoisotopic (exact) mass is 480 g/mol. The number of methoxy groups -OCH3 is 1. The fourth-order valence-electron chi connectivity index (χ4n) is 4.68. The molecule has 0 saturated heterocycles. The van der Waals surface area contributed by atoms with Crippen molar-refractivity contribution in [2.45, 2.75) is 37.6 Å². The molecule has 1 saturated carbocycles. The van der Waals surface area contributed by atoms with Crippen LogP contribution in [-0.4, -0.2) is 56.0 Å². The number of hydrogen-bond acceptors (Lipinski definition) is 5. The van der Waals surface area contributed by atoms with Gasteiger partial charge >= 0.3 is 12.1 Å². The smallest absolute Gasteiger partial charge is 0.407 e. The second-order valence-electron chi connectivity index (χ2n) is 9.26. The van der Waals surface area contributed by atoms with Crippen molar-refractivity contribution in [3.8, 4) is 11.1 Å². The van der Waals surface area contributed by atoms with Crippen molar-refractivity contribution in [1.29, 1.82) is 0 Å². The van der Waals surface area contributed by atoms with E-state index in [4.69, 9.17) is 9.47 Å². The molecular formula is C27H32N2O6. The van der Waals surface area contributed by atoms with Crippen molar-refractivity contribution >= 4 is 18.0 Å². The summed E-state index contributed by atoms with van der Waals surface area (Å²) in [5, 5.41) is 14.7. The van der Waals surface area contributed by atoms with Gasteiger partial charge in [-0.05, 0) is 34.6 Å². The lowest BCUT2D eigenvalue weighted by atomic mass is 9.98. The molecule has 0 aromatic heterocycles. The molecule has 35 heavy (non-hydrogen) atoms. The number of benzene rings is 2. The molecule has 8 nitrogen and oxygen atoms in total. The van der Waals surface area contributed by atoms with E-state index >= 15 is 0 Å². The predicted molar refractivity (Wildman–Crippen MR) is 130 cm³/mol. The zero-order valence-electron chi connectivity index (χ0n) is 19.9. The van der Waals surface area contributed by atoms with Crippen molar-refractivity contribution in [2.75, 3.05) is 26.9 Å². The summed E-state index contributed by atoms with van der Waals surface area (Å²) in [5.41, 5.74) is 4.56. The number of carbonyl (C=O) groups excluding carboxylic acids is 2. The van der Waals surface area contributed by atoms with E-state index in [9.17, 15) is 19.5 Å². The minimum absolute atomic E-state index is 0.0455. The standard InChI is InChI=1S/C27H32N2O6/c1-34-13-12-24(26(31)32)29-25(30)18(14-17-10-11-17)15-28-27(33)35-16-23-21-8-4-2-6-19(21)20-7-3-5-9-22(20)23/h2-9,17-18,23-24H,10-16H2,1H3,(H,28,33)(H,29,30)(H,31,32). The molecule has 0 spiro atoms. The number of ether oxygens (including phenoxy) is 2. The van der Waals surface area contributed by atoms with E-state index in [1.54, 1.807) is 0 Å². The van der Waals surface area contributed by atoms with Gasteiger partial charge in [-0.2, -0.15) is 0 Å². The summed E-state index contributed by atoms with van der Waals surface area (Å²) in [6, 6.07) is 15.2. The van der Waals surface area contributed by atoms with Crippen LogP contribution in [0.15, 0.2) is 48.5 Å². The largest absolute Gasteiger partial charge is 0.480 e. The van der Waals surface area contributed by atoms with Crippen molar-refractivity contribution in [3.63, 3.8) is 0 Å². The molecule has 8 heteroatoms. The summed E-state index contributed by atoms with van der Waals surface area (Å²) in [4.78, 5) is 36.9. The van der Waals surface area contributed by atoms with Crippen LogP contribution in [-0.2, 0) is 19.1 Å². The van der Waals surface area contributed by atoms with Gasteiger partial charge in [0, 0.05) is 32.6 Å². The fraction of sp³-hybridized carbons (Fsp3) is 0.444. The summed E-state index contributed by atoms with van der Waals surface area (Å²) < 4.78 is 10.5. The third-order valence-corrected chi connectivity index (χ3v) is 6.75. The van der Waals surface area contributed by atoms with E-state index in [2.05, 4.69) is 34.9 Å². The number of carboxylic acids is 1. The molecule has 2 unspecified atom stereocenters. The lowest BCUT2D eigenvalue weighted by Gasteiger charge is -2.21. The maximum absolute atomic E-state index is 12.8. The van der Waals surface area contributed by atoms with Crippen LogP contribution in [0.3, 0.4) is 0 Å². The number of carbonyl (C=O) groups is 3. The highest BCUT2D eigenvalue weighted by atomic mass is 16.5. The topological polar surface area (TPSA) is 114 Å². The Morgan fingerprint density at radius 2 is 1.66 bits per heavy atom. The molecule has 0 bridgehead atoms. The number of aliphatic carboxylic acids is 1. The maximum atomic E-state index is 12.8. The first-order valence-electron chi connectivity index (χ1n) is 12.1. The predicted octanol–water partition coefficient (Wildman–Crippen LogP) is 3.55. The molecular weight excluding hydrogens is 448 g/mol. The van der Waals surface area contributed by atoms with Gasteiger partial charge in [-0.25, -0.2) is 9.59 Å². The highest BCUT2D eigenvalue weighted by molar-refractivity contribution is 5.85. The Kier molecular flexibility index (Phi) is 8.02. The lowest BCUT2D eigenvalue weighted by Crippen LogP contribution is -2.47. The average molecular weight is 481 g/mol. The van der Waals surface area contributed by atoms with Crippen molar-refractivity contribution in [3.05, 3.63) is 59.7 Å². The third kappa shape index (κ3) is 6.19. The van der Waals surface area contributed by atoms with Gasteiger partial charge < -0.3 is 25.2 Å². The first-order chi connectivity index (χ1) is 17.0. The molecule has 0 radical (unpaired) electrons. The van der Waals surface area contributed by atoms with Gasteiger partial charge in [0.15, 0.2) is 0 Å². The molecule has 2 aliphatic carbocycles. The molecule has 1 fully saturated rings. The van der Waals surface area contributed by atoms with Gasteiger partial charge in [-0.15, -0.1) is 0 Å². The van der Waals surface area contributed by atoms with Crippen molar-refractivity contribution < 1.29 is 29.0 Å². The Hall–Kier alpha value is -3.39. The summed E-state index contributed by atoms with van der Waals surface area (Å²) >= 11 is 0. The van der Waals surface area contributed by atoms with Gasteiger partial charge in [-0.3, -0.25) is 4.79 Å². The Morgan fingerprint density at radius 1 is 1.03 bits per heavy atom. The van der Waals surface area contributed by atoms with Crippen LogP contribution in [0.5, 0.6) is 0 Å². The number of rotatable bonds is 12. The first-order valence-corrected chi connectivity index (χ1v) is 12.1. The average Bonchev–Trinajstić information content (AvgIpc) is 3.63. The van der Waals surface area contributed by atoms with Gasteiger partial charge in [0.05, 0.1) is 5.92 Å². The van der Waals surface area contributed by atoms with E-state index in [0.29, 0.717) is 12.3 Å². The molecule has 3 N–H and O–H groups in total. The Balaban J connectivity index is 1.33. The van der Waals surface area contributed by atoms with Crippen molar-refractivity contribution in [1.82, 2.24) is 10.6 Å². The minimum Gasteiger partial charge on any atom is -0.480 e. The van der Waals surface area contributed by atoms with E-state index in [1.807, 2.05) is 24.3 Å². The van der Waals surface area contributed by atoms with Gasteiger partial charge in [0.2, 0.25) is 5.91 Å². The van der Waals surface area contributed by atoms with Crippen LogP contribution in [0.4, 0.5) is 4.79 Å². The minimum atomic E-state index is -1.11. The summed E-state index contributed by atoms with van der Waals surface area (Å²) in [5.74, 6) is -1.62. The highest BCUT2D eigenvalue weighted by Gasteiger charge is 2.32. The van der Waals surface area contributed by atoms with E-state index in [-0.39, 0.29) is 38.0 Å². The van der Waals surface area contributed by atoms with Crippen LogP contribution in [0, 0.1) is 11.8 Å². The molecule has 4 rings (SSSR count). The summed E-state index contributed by atoms with van der Waals surface area (Å²) in [6.07, 6.45) is 2.27. The van der Waals surface area contributed by atoms with Crippen LogP contribution in [0.2, 0.25) is 0 Å². The zero-order valence-corrected chi connectivity index (χ0v) is 19.9.